The van der Waals surface area contributed by atoms with Gasteiger partial charge in [0.05, 0.1) is 6.54 Å². The Balaban J connectivity index is 2.17. The van der Waals surface area contributed by atoms with Gasteiger partial charge in [0.15, 0.2) is 0 Å². The highest BCUT2D eigenvalue weighted by molar-refractivity contribution is 9.10. The molecule has 2 amide bonds. The maximum absolute atomic E-state index is 11.5. The SMILES string of the molecule is NC(=O)OCCNCC(=O)Nc1ccc(Br)cc1. The summed E-state index contributed by atoms with van der Waals surface area (Å²) in [5, 5.41) is 5.53. The largest absolute Gasteiger partial charge is 0.448 e. The quantitative estimate of drug-likeness (QED) is 0.685. The molecule has 0 heterocycles. The van der Waals surface area contributed by atoms with Gasteiger partial charge in [-0.15, -0.1) is 0 Å². The summed E-state index contributed by atoms with van der Waals surface area (Å²) >= 11 is 3.31. The Labute approximate surface area is 113 Å². The Hall–Kier alpha value is -1.60. The van der Waals surface area contributed by atoms with Crippen LogP contribution in [0.1, 0.15) is 0 Å². The van der Waals surface area contributed by atoms with Crippen LogP contribution in [0.4, 0.5) is 10.5 Å². The molecule has 6 nitrogen and oxygen atoms in total. The van der Waals surface area contributed by atoms with E-state index in [0.717, 1.165) is 10.2 Å². The van der Waals surface area contributed by atoms with Gasteiger partial charge in [-0.05, 0) is 24.3 Å². The number of benzene rings is 1. The molecule has 1 rings (SSSR count). The van der Waals surface area contributed by atoms with Crippen molar-refractivity contribution >= 4 is 33.6 Å². The van der Waals surface area contributed by atoms with Crippen LogP contribution in [0.5, 0.6) is 0 Å². The minimum absolute atomic E-state index is 0.137. The lowest BCUT2D eigenvalue weighted by molar-refractivity contribution is -0.115. The van der Waals surface area contributed by atoms with Crippen molar-refractivity contribution in [1.82, 2.24) is 5.32 Å². The second kappa shape index (κ2) is 7.67. The number of carbonyl (C=O) groups is 2. The van der Waals surface area contributed by atoms with Crippen LogP contribution >= 0.6 is 15.9 Å². The van der Waals surface area contributed by atoms with Crippen LogP contribution in [0, 0.1) is 0 Å². The van der Waals surface area contributed by atoms with E-state index in [0.29, 0.717) is 6.54 Å². The summed E-state index contributed by atoms with van der Waals surface area (Å²) in [4.78, 5) is 21.7. The standard InChI is InChI=1S/C11H14BrN3O3/c12-8-1-3-9(4-2-8)15-10(16)7-14-5-6-18-11(13)17/h1-4,14H,5-7H2,(H2,13,17)(H,15,16). The van der Waals surface area contributed by atoms with Crippen molar-refractivity contribution in [2.45, 2.75) is 0 Å². The van der Waals surface area contributed by atoms with Crippen LogP contribution in [0.2, 0.25) is 0 Å². The van der Waals surface area contributed by atoms with Crippen LogP contribution in [0.3, 0.4) is 0 Å². The molecular formula is C11H14BrN3O3. The predicted octanol–water partition coefficient (Wildman–Crippen LogP) is 1.07. The number of anilines is 1. The van der Waals surface area contributed by atoms with E-state index in [1.807, 2.05) is 12.1 Å². The van der Waals surface area contributed by atoms with Gasteiger partial charge >= 0.3 is 6.09 Å². The van der Waals surface area contributed by atoms with E-state index in [1.54, 1.807) is 12.1 Å². The van der Waals surface area contributed by atoms with Gasteiger partial charge in [0, 0.05) is 16.7 Å². The number of halogens is 1. The maximum atomic E-state index is 11.5. The van der Waals surface area contributed by atoms with Gasteiger partial charge in [-0.3, -0.25) is 4.79 Å². The zero-order chi connectivity index (χ0) is 13.4. The Morgan fingerprint density at radius 3 is 2.56 bits per heavy atom. The Bertz CT molecular complexity index is 408. The highest BCUT2D eigenvalue weighted by Gasteiger charge is 2.01. The molecule has 0 aliphatic heterocycles. The highest BCUT2D eigenvalue weighted by Crippen LogP contribution is 2.13. The molecule has 0 bridgehead atoms. The van der Waals surface area contributed by atoms with Gasteiger partial charge in [-0.25, -0.2) is 4.79 Å². The van der Waals surface area contributed by atoms with Crippen molar-refractivity contribution in [2.24, 2.45) is 5.73 Å². The summed E-state index contributed by atoms with van der Waals surface area (Å²) in [6.45, 7) is 0.649. The summed E-state index contributed by atoms with van der Waals surface area (Å²) < 4.78 is 5.44. The third-order valence-electron chi connectivity index (χ3n) is 1.94. The molecule has 1 aromatic carbocycles. The van der Waals surface area contributed by atoms with Crippen LogP contribution in [0.15, 0.2) is 28.7 Å². The lowest BCUT2D eigenvalue weighted by atomic mass is 10.3. The van der Waals surface area contributed by atoms with E-state index in [2.05, 4.69) is 31.3 Å². The zero-order valence-electron chi connectivity index (χ0n) is 9.61. The fraction of sp³-hybridized carbons (Fsp3) is 0.273. The van der Waals surface area contributed by atoms with Crippen molar-refractivity contribution < 1.29 is 14.3 Å². The summed E-state index contributed by atoms with van der Waals surface area (Å²) in [5.41, 5.74) is 5.50. The van der Waals surface area contributed by atoms with E-state index in [4.69, 9.17) is 5.73 Å². The number of amides is 2. The molecule has 0 unspecified atom stereocenters. The first kappa shape index (κ1) is 14.5. The lowest BCUT2D eigenvalue weighted by Gasteiger charge is -2.06. The maximum Gasteiger partial charge on any atom is 0.404 e. The number of nitrogens with two attached hydrogens (primary N) is 1. The van der Waals surface area contributed by atoms with Gasteiger partial charge in [0.1, 0.15) is 6.61 Å². The molecule has 18 heavy (non-hydrogen) atoms. The molecule has 0 atom stereocenters. The molecule has 0 aliphatic rings. The predicted molar refractivity (Wildman–Crippen MR) is 71.2 cm³/mol. The summed E-state index contributed by atoms with van der Waals surface area (Å²) in [6, 6.07) is 7.25. The van der Waals surface area contributed by atoms with Gasteiger partial charge in [0.25, 0.3) is 0 Å². The molecule has 0 saturated heterocycles. The van der Waals surface area contributed by atoms with E-state index in [1.165, 1.54) is 0 Å². The fourth-order valence-electron chi connectivity index (χ4n) is 1.16. The van der Waals surface area contributed by atoms with E-state index in [-0.39, 0.29) is 19.1 Å². The number of primary amides is 1. The molecule has 4 N–H and O–H groups in total. The molecular weight excluding hydrogens is 302 g/mol. The lowest BCUT2D eigenvalue weighted by Crippen LogP contribution is -2.31. The minimum atomic E-state index is -0.823. The van der Waals surface area contributed by atoms with Crippen LogP contribution in [0.25, 0.3) is 0 Å². The van der Waals surface area contributed by atoms with Crippen LogP contribution in [-0.4, -0.2) is 31.7 Å². The van der Waals surface area contributed by atoms with Crippen molar-refractivity contribution in [2.75, 3.05) is 25.0 Å². The number of ether oxygens (including phenoxy) is 1. The van der Waals surface area contributed by atoms with E-state index >= 15 is 0 Å². The molecule has 0 aromatic heterocycles. The smallest absolute Gasteiger partial charge is 0.404 e. The highest BCUT2D eigenvalue weighted by atomic mass is 79.9. The Kier molecular flexibility index (Phi) is 6.16. The summed E-state index contributed by atoms with van der Waals surface area (Å²) in [7, 11) is 0. The third-order valence-corrected chi connectivity index (χ3v) is 2.47. The number of hydrogen-bond donors (Lipinski definition) is 3. The second-order valence-electron chi connectivity index (χ2n) is 3.40. The molecule has 7 heteroatoms. The monoisotopic (exact) mass is 315 g/mol. The molecule has 0 radical (unpaired) electrons. The number of rotatable bonds is 6. The molecule has 1 aromatic rings. The average Bonchev–Trinajstić information content (AvgIpc) is 2.31. The van der Waals surface area contributed by atoms with E-state index in [9.17, 15) is 9.59 Å². The first-order chi connectivity index (χ1) is 8.58. The summed E-state index contributed by atoms with van der Waals surface area (Å²) in [6.07, 6.45) is -0.823. The van der Waals surface area contributed by atoms with Crippen molar-refractivity contribution in [3.63, 3.8) is 0 Å². The first-order valence-electron chi connectivity index (χ1n) is 5.26. The topological polar surface area (TPSA) is 93.5 Å². The molecule has 0 aliphatic carbocycles. The average molecular weight is 316 g/mol. The number of carbonyl (C=O) groups excluding carboxylic acids is 2. The number of nitrogens with one attached hydrogen (secondary N) is 2. The molecule has 0 spiro atoms. The minimum Gasteiger partial charge on any atom is -0.448 e. The fourth-order valence-corrected chi connectivity index (χ4v) is 1.43. The second-order valence-corrected chi connectivity index (χ2v) is 4.32. The molecule has 0 fully saturated rings. The zero-order valence-corrected chi connectivity index (χ0v) is 11.2. The Morgan fingerprint density at radius 1 is 1.28 bits per heavy atom. The number of hydrogen-bond acceptors (Lipinski definition) is 4. The van der Waals surface area contributed by atoms with Gasteiger partial charge in [-0.2, -0.15) is 0 Å². The van der Waals surface area contributed by atoms with Gasteiger partial charge < -0.3 is 21.1 Å². The van der Waals surface area contributed by atoms with Crippen molar-refractivity contribution in [1.29, 1.82) is 0 Å². The summed E-state index contributed by atoms with van der Waals surface area (Å²) in [5.74, 6) is -0.170. The normalized spacial score (nSPS) is 9.83. The Morgan fingerprint density at radius 2 is 1.94 bits per heavy atom. The van der Waals surface area contributed by atoms with E-state index < -0.39 is 6.09 Å². The van der Waals surface area contributed by atoms with Crippen molar-refractivity contribution in [3.8, 4) is 0 Å². The third kappa shape index (κ3) is 6.21. The van der Waals surface area contributed by atoms with Crippen LogP contribution in [-0.2, 0) is 9.53 Å². The first-order valence-corrected chi connectivity index (χ1v) is 6.05. The van der Waals surface area contributed by atoms with Gasteiger partial charge in [0.2, 0.25) is 5.91 Å². The molecule has 0 saturated carbocycles. The van der Waals surface area contributed by atoms with Crippen LogP contribution < -0.4 is 16.4 Å². The van der Waals surface area contributed by atoms with Crippen molar-refractivity contribution in [3.05, 3.63) is 28.7 Å². The van der Waals surface area contributed by atoms with Gasteiger partial charge in [-0.1, -0.05) is 15.9 Å². The molecule has 98 valence electrons.